The number of amides is 1. The van der Waals surface area contributed by atoms with Crippen molar-refractivity contribution in [3.8, 4) is 5.75 Å². The molecule has 0 spiro atoms. The lowest BCUT2D eigenvalue weighted by molar-refractivity contribution is 0.0921. The summed E-state index contributed by atoms with van der Waals surface area (Å²) in [6, 6.07) is 5.13. The van der Waals surface area contributed by atoms with Crippen LogP contribution in [0.3, 0.4) is 0 Å². The predicted octanol–water partition coefficient (Wildman–Crippen LogP) is 2.50. The number of halogens is 3. The van der Waals surface area contributed by atoms with E-state index in [9.17, 15) is 13.6 Å². The van der Waals surface area contributed by atoms with Gasteiger partial charge in [0.2, 0.25) is 5.82 Å². The van der Waals surface area contributed by atoms with Gasteiger partial charge in [-0.1, -0.05) is 15.9 Å². The molecule has 0 atom stereocenters. The van der Waals surface area contributed by atoms with Crippen LogP contribution in [0.4, 0.5) is 8.78 Å². The number of carbonyl (C=O) groups is 1. The van der Waals surface area contributed by atoms with E-state index in [0.717, 1.165) is 6.07 Å². The van der Waals surface area contributed by atoms with Gasteiger partial charge in [-0.25, -0.2) is 10.2 Å². The van der Waals surface area contributed by atoms with Gasteiger partial charge in [-0.3, -0.25) is 10.2 Å². The Balaban J connectivity index is 2.09. The van der Waals surface area contributed by atoms with Crippen LogP contribution in [0.25, 0.3) is 0 Å². The van der Waals surface area contributed by atoms with Crippen LogP contribution < -0.4 is 16.0 Å². The van der Waals surface area contributed by atoms with Gasteiger partial charge in [0, 0.05) is 4.47 Å². The van der Waals surface area contributed by atoms with Gasteiger partial charge in [-0.15, -0.1) is 0 Å². The first-order valence-electron chi connectivity index (χ1n) is 5.38. The molecule has 5 nitrogen and oxygen atoms in total. The smallest absolute Gasteiger partial charge is 0.300 e. The normalized spacial score (nSPS) is 10.4. The molecule has 0 aliphatic carbocycles. The maximum absolute atomic E-state index is 13.4. The predicted molar refractivity (Wildman–Crippen MR) is 68.8 cm³/mol. The molecule has 0 aliphatic rings. The summed E-state index contributed by atoms with van der Waals surface area (Å²) in [5, 5.41) is 0. The second-order valence-corrected chi connectivity index (χ2v) is 4.64. The van der Waals surface area contributed by atoms with Crippen LogP contribution in [0.2, 0.25) is 0 Å². The number of nitrogens with one attached hydrogen (secondary N) is 1. The summed E-state index contributed by atoms with van der Waals surface area (Å²) < 4.78 is 37.2. The molecule has 0 saturated heterocycles. The van der Waals surface area contributed by atoms with Crippen molar-refractivity contribution in [3.63, 3.8) is 0 Å². The molecule has 2 rings (SSSR count). The van der Waals surface area contributed by atoms with Gasteiger partial charge >= 0.3 is 5.91 Å². The van der Waals surface area contributed by atoms with E-state index in [-0.39, 0.29) is 23.9 Å². The molecule has 0 radical (unpaired) electrons. The van der Waals surface area contributed by atoms with Crippen LogP contribution in [-0.4, -0.2) is 5.91 Å². The van der Waals surface area contributed by atoms with Gasteiger partial charge in [0.15, 0.2) is 17.3 Å². The van der Waals surface area contributed by atoms with Crippen molar-refractivity contribution in [2.24, 2.45) is 5.84 Å². The second kappa shape index (κ2) is 6.02. The first kappa shape index (κ1) is 14.5. The molecular formula is C12H9BrF2N2O3. The summed E-state index contributed by atoms with van der Waals surface area (Å²) in [7, 11) is 0. The molecule has 1 amide bonds. The maximum Gasteiger partial charge on any atom is 0.300 e. The van der Waals surface area contributed by atoms with Crippen molar-refractivity contribution in [1.29, 1.82) is 0 Å². The highest BCUT2D eigenvalue weighted by atomic mass is 79.9. The van der Waals surface area contributed by atoms with Gasteiger partial charge in [0.25, 0.3) is 0 Å². The Hall–Kier alpha value is -1.93. The fourth-order valence-corrected chi connectivity index (χ4v) is 1.84. The molecule has 0 saturated carbocycles. The van der Waals surface area contributed by atoms with E-state index in [1.807, 2.05) is 5.43 Å². The molecule has 0 unspecified atom stereocenters. The average Bonchev–Trinajstić information content (AvgIpc) is 2.89. The minimum Gasteiger partial charge on any atom is -0.482 e. The van der Waals surface area contributed by atoms with E-state index in [0.29, 0.717) is 4.47 Å². The van der Waals surface area contributed by atoms with Crippen LogP contribution >= 0.6 is 15.9 Å². The molecule has 2 aromatic rings. The number of hydrazine groups is 1. The number of furan rings is 1. The second-order valence-electron chi connectivity index (χ2n) is 3.73. The first-order valence-corrected chi connectivity index (χ1v) is 6.17. The van der Waals surface area contributed by atoms with E-state index < -0.39 is 17.5 Å². The van der Waals surface area contributed by atoms with Gasteiger partial charge in [-0.05, 0) is 24.3 Å². The number of rotatable bonds is 4. The number of hydrogen-bond acceptors (Lipinski definition) is 4. The van der Waals surface area contributed by atoms with Crippen LogP contribution in [0, 0.1) is 11.6 Å². The first-order chi connectivity index (χ1) is 9.51. The Bertz CT molecular complexity index is 646. The Kier molecular flexibility index (Phi) is 4.35. The van der Waals surface area contributed by atoms with Crippen molar-refractivity contribution in [2.75, 3.05) is 0 Å². The number of nitrogen functional groups attached to an aromatic ring is 1. The van der Waals surface area contributed by atoms with Crippen molar-refractivity contribution in [2.45, 2.75) is 6.61 Å². The minimum atomic E-state index is -1.10. The van der Waals surface area contributed by atoms with E-state index in [1.165, 1.54) is 18.2 Å². The fraction of sp³-hybridized carbons (Fsp3) is 0.0833. The largest absolute Gasteiger partial charge is 0.482 e. The van der Waals surface area contributed by atoms with Gasteiger partial charge < -0.3 is 9.15 Å². The van der Waals surface area contributed by atoms with Crippen LogP contribution in [0.15, 0.2) is 33.2 Å². The number of benzene rings is 1. The molecular weight excluding hydrogens is 338 g/mol. The highest BCUT2D eigenvalue weighted by Gasteiger charge is 2.13. The third kappa shape index (κ3) is 3.14. The number of carbonyl (C=O) groups excluding carboxylic acids is 1. The van der Waals surface area contributed by atoms with E-state index >= 15 is 0 Å². The van der Waals surface area contributed by atoms with Crippen LogP contribution in [0.1, 0.15) is 16.3 Å². The van der Waals surface area contributed by atoms with Gasteiger partial charge in [-0.2, -0.15) is 4.39 Å². The summed E-state index contributed by atoms with van der Waals surface area (Å²) in [5.74, 6) is 2.21. The molecule has 1 aromatic heterocycles. The van der Waals surface area contributed by atoms with Crippen molar-refractivity contribution in [3.05, 3.63) is 51.9 Å². The zero-order valence-corrected chi connectivity index (χ0v) is 11.5. The topological polar surface area (TPSA) is 77.5 Å². The van der Waals surface area contributed by atoms with Gasteiger partial charge in [0.1, 0.15) is 12.4 Å². The summed E-state index contributed by atoms with van der Waals surface area (Å²) in [4.78, 5) is 11.2. The van der Waals surface area contributed by atoms with E-state index in [2.05, 4.69) is 15.9 Å². The lowest BCUT2D eigenvalue weighted by atomic mass is 10.3. The quantitative estimate of drug-likeness (QED) is 0.386. The highest BCUT2D eigenvalue weighted by molar-refractivity contribution is 9.10. The van der Waals surface area contributed by atoms with Gasteiger partial charge in [0.05, 0.1) is 0 Å². The lowest BCUT2D eigenvalue weighted by Crippen LogP contribution is -2.29. The number of hydrogen-bond donors (Lipinski definition) is 2. The van der Waals surface area contributed by atoms with E-state index in [4.69, 9.17) is 15.0 Å². The van der Waals surface area contributed by atoms with Crippen molar-refractivity contribution >= 4 is 21.8 Å². The molecule has 0 fully saturated rings. The Labute approximate surface area is 120 Å². The highest BCUT2D eigenvalue weighted by Crippen LogP contribution is 2.26. The third-order valence-electron chi connectivity index (χ3n) is 2.35. The summed E-state index contributed by atoms with van der Waals surface area (Å²) in [6.45, 7) is -0.162. The molecule has 3 N–H and O–H groups in total. The lowest BCUT2D eigenvalue weighted by Gasteiger charge is -2.06. The molecule has 0 bridgehead atoms. The Morgan fingerprint density at radius 3 is 2.85 bits per heavy atom. The SMILES string of the molecule is NNC(=O)c1ccc(COc2cc(Br)cc(F)c2F)o1. The zero-order valence-electron chi connectivity index (χ0n) is 9.95. The minimum absolute atomic E-state index is 0.00741. The monoisotopic (exact) mass is 346 g/mol. The molecule has 1 heterocycles. The van der Waals surface area contributed by atoms with Crippen molar-refractivity contribution in [1.82, 2.24) is 5.43 Å². The van der Waals surface area contributed by atoms with Crippen LogP contribution in [-0.2, 0) is 6.61 Å². The van der Waals surface area contributed by atoms with Crippen LogP contribution in [0.5, 0.6) is 5.75 Å². The maximum atomic E-state index is 13.4. The molecule has 1 aromatic carbocycles. The molecule has 106 valence electrons. The molecule has 0 aliphatic heterocycles. The fourth-order valence-electron chi connectivity index (χ4n) is 1.43. The van der Waals surface area contributed by atoms with Crippen molar-refractivity contribution < 1.29 is 22.7 Å². The Morgan fingerprint density at radius 2 is 2.15 bits per heavy atom. The Morgan fingerprint density at radius 1 is 1.40 bits per heavy atom. The number of nitrogens with two attached hydrogens (primary N) is 1. The number of ether oxygens (including phenoxy) is 1. The zero-order chi connectivity index (χ0) is 14.7. The standard InChI is InChI=1S/C12H9BrF2N2O3/c13-6-3-8(14)11(15)10(4-6)19-5-7-1-2-9(20-7)12(18)17-16/h1-4H,5,16H2,(H,17,18). The molecule has 8 heteroatoms. The summed E-state index contributed by atoms with van der Waals surface area (Å²) in [6.07, 6.45) is 0. The van der Waals surface area contributed by atoms with E-state index in [1.54, 1.807) is 0 Å². The average molecular weight is 347 g/mol. The third-order valence-corrected chi connectivity index (χ3v) is 2.80. The molecule has 20 heavy (non-hydrogen) atoms. The summed E-state index contributed by atoms with van der Waals surface area (Å²) >= 11 is 3.03. The summed E-state index contributed by atoms with van der Waals surface area (Å²) in [5.41, 5.74) is 1.90.